The van der Waals surface area contributed by atoms with Crippen molar-refractivity contribution in [2.75, 3.05) is 13.1 Å². The van der Waals surface area contributed by atoms with Crippen LogP contribution in [0.15, 0.2) is 0 Å². The Labute approximate surface area is 132 Å². The van der Waals surface area contributed by atoms with E-state index in [9.17, 15) is 4.79 Å². The summed E-state index contributed by atoms with van der Waals surface area (Å²) in [5.41, 5.74) is 8.79. The first-order valence-electron chi connectivity index (χ1n) is 6.53. The number of aryl methyl sites for hydroxylation is 2. The van der Waals surface area contributed by atoms with Crippen molar-refractivity contribution in [1.82, 2.24) is 14.7 Å². The quantitative estimate of drug-likeness (QED) is 0.914. The first-order chi connectivity index (χ1) is 8.54. The molecule has 0 radical (unpaired) electrons. The summed E-state index contributed by atoms with van der Waals surface area (Å²) < 4.78 is 1.84. The van der Waals surface area contributed by atoms with E-state index in [2.05, 4.69) is 5.10 Å². The molecular weight excluding hydrogens is 299 g/mol. The van der Waals surface area contributed by atoms with Crippen molar-refractivity contribution in [1.29, 1.82) is 0 Å². The van der Waals surface area contributed by atoms with Gasteiger partial charge in [0.25, 0.3) is 0 Å². The smallest absolute Gasteiger partial charge is 0.227 e. The van der Waals surface area contributed by atoms with Gasteiger partial charge in [-0.2, -0.15) is 5.10 Å². The van der Waals surface area contributed by atoms with E-state index >= 15 is 0 Å². The first-order valence-corrected chi connectivity index (χ1v) is 6.53. The fourth-order valence-corrected chi connectivity index (χ4v) is 2.74. The molecule has 1 atom stereocenters. The number of amides is 1. The molecule has 1 aliphatic heterocycles. The number of aromatic nitrogens is 2. The third kappa shape index (κ3) is 3.65. The second kappa shape index (κ2) is 7.86. The average molecular weight is 323 g/mol. The number of carbonyl (C=O) groups is 1. The zero-order valence-corrected chi connectivity index (χ0v) is 13.9. The van der Waals surface area contributed by atoms with Gasteiger partial charge in [-0.05, 0) is 26.7 Å². The second-order valence-corrected chi connectivity index (χ2v) is 5.07. The summed E-state index contributed by atoms with van der Waals surface area (Å²) in [4.78, 5) is 14.3. The molecule has 1 aromatic heterocycles. The van der Waals surface area contributed by atoms with E-state index in [4.69, 9.17) is 5.73 Å². The Bertz CT molecular complexity index is 461. The number of nitrogens with zero attached hydrogens (tertiary/aromatic N) is 3. The number of likely N-dealkylation sites (tertiary alicyclic amines) is 1. The largest absolute Gasteiger partial charge is 0.338 e. The van der Waals surface area contributed by atoms with E-state index in [-0.39, 0.29) is 36.8 Å². The molecular formula is C13H24Cl2N4O. The molecule has 5 nitrogen and oxygen atoms in total. The SMILES string of the molecule is Cc1nn(C)c(C)c1CC(=O)N1CCCC1CN.Cl.Cl. The molecule has 116 valence electrons. The molecule has 1 unspecified atom stereocenters. The third-order valence-electron chi connectivity index (χ3n) is 3.96. The Balaban J connectivity index is 0.00000180. The molecule has 0 bridgehead atoms. The number of carbonyl (C=O) groups excluding carboxylic acids is 1. The topological polar surface area (TPSA) is 64.2 Å². The van der Waals surface area contributed by atoms with Crippen LogP contribution in [0.25, 0.3) is 0 Å². The fourth-order valence-electron chi connectivity index (χ4n) is 2.74. The van der Waals surface area contributed by atoms with Crippen molar-refractivity contribution in [3.63, 3.8) is 0 Å². The van der Waals surface area contributed by atoms with Crippen molar-refractivity contribution >= 4 is 30.7 Å². The fraction of sp³-hybridized carbons (Fsp3) is 0.692. The lowest BCUT2D eigenvalue weighted by atomic mass is 10.1. The van der Waals surface area contributed by atoms with Crippen LogP contribution in [0, 0.1) is 13.8 Å². The van der Waals surface area contributed by atoms with Crippen molar-refractivity contribution in [2.45, 2.75) is 39.2 Å². The minimum atomic E-state index is 0. The molecule has 1 amide bonds. The Kier molecular flexibility index (Phi) is 7.55. The highest BCUT2D eigenvalue weighted by atomic mass is 35.5. The van der Waals surface area contributed by atoms with E-state index in [0.29, 0.717) is 13.0 Å². The highest BCUT2D eigenvalue weighted by Crippen LogP contribution is 2.19. The van der Waals surface area contributed by atoms with Gasteiger partial charge in [0.2, 0.25) is 5.91 Å². The molecule has 2 heterocycles. The maximum absolute atomic E-state index is 12.3. The van der Waals surface area contributed by atoms with Crippen molar-refractivity contribution < 1.29 is 4.79 Å². The van der Waals surface area contributed by atoms with Crippen LogP contribution in [0.5, 0.6) is 0 Å². The van der Waals surface area contributed by atoms with Crippen LogP contribution in [0.4, 0.5) is 0 Å². The lowest BCUT2D eigenvalue weighted by Crippen LogP contribution is -2.40. The van der Waals surface area contributed by atoms with Gasteiger partial charge in [0.1, 0.15) is 0 Å². The zero-order valence-electron chi connectivity index (χ0n) is 12.3. The molecule has 0 spiro atoms. The monoisotopic (exact) mass is 322 g/mol. The molecule has 2 rings (SSSR count). The van der Waals surface area contributed by atoms with Crippen LogP contribution in [0.2, 0.25) is 0 Å². The standard InChI is InChI=1S/C13H22N4O.2ClH/c1-9-12(10(2)16(3)15-9)7-13(18)17-6-4-5-11(17)8-14;;/h11H,4-8,14H2,1-3H3;2*1H. The predicted octanol–water partition coefficient (Wildman–Crippen LogP) is 1.37. The summed E-state index contributed by atoms with van der Waals surface area (Å²) >= 11 is 0. The lowest BCUT2D eigenvalue weighted by Gasteiger charge is -2.23. The third-order valence-corrected chi connectivity index (χ3v) is 3.96. The van der Waals surface area contributed by atoms with E-state index in [0.717, 1.165) is 36.3 Å². The van der Waals surface area contributed by atoms with E-state index in [1.54, 1.807) is 0 Å². The number of rotatable bonds is 3. The van der Waals surface area contributed by atoms with Crippen LogP contribution >= 0.6 is 24.8 Å². The molecule has 0 aliphatic carbocycles. The normalized spacial score (nSPS) is 17.6. The second-order valence-electron chi connectivity index (χ2n) is 5.07. The first kappa shape index (κ1) is 19.2. The van der Waals surface area contributed by atoms with Crippen LogP contribution in [-0.2, 0) is 18.3 Å². The van der Waals surface area contributed by atoms with E-state index in [1.165, 1.54) is 0 Å². The van der Waals surface area contributed by atoms with Crippen LogP contribution in [-0.4, -0.2) is 39.7 Å². The van der Waals surface area contributed by atoms with E-state index < -0.39 is 0 Å². The molecule has 7 heteroatoms. The van der Waals surface area contributed by atoms with Gasteiger partial charge in [-0.3, -0.25) is 9.48 Å². The van der Waals surface area contributed by atoms with Gasteiger partial charge in [-0.1, -0.05) is 0 Å². The number of nitrogens with two attached hydrogens (primary N) is 1. The highest BCUT2D eigenvalue weighted by molar-refractivity contribution is 5.85. The molecule has 20 heavy (non-hydrogen) atoms. The maximum atomic E-state index is 12.3. The summed E-state index contributed by atoms with van der Waals surface area (Å²) in [6.45, 7) is 5.38. The van der Waals surface area contributed by atoms with Gasteiger partial charge in [-0.15, -0.1) is 24.8 Å². The van der Waals surface area contributed by atoms with Crippen molar-refractivity contribution in [3.05, 3.63) is 17.0 Å². The van der Waals surface area contributed by atoms with Gasteiger partial charge >= 0.3 is 0 Å². The minimum Gasteiger partial charge on any atom is -0.338 e. The number of halogens is 2. The van der Waals surface area contributed by atoms with Crippen molar-refractivity contribution in [3.8, 4) is 0 Å². The van der Waals surface area contributed by atoms with Gasteiger partial charge < -0.3 is 10.6 Å². The van der Waals surface area contributed by atoms with Gasteiger partial charge in [0.05, 0.1) is 12.1 Å². The Hall–Kier alpha value is -0.780. The Morgan fingerprint density at radius 1 is 1.40 bits per heavy atom. The van der Waals surface area contributed by atoms with Gasteiger partial charge in [-0.25, -0.2) is 0 Å². The average Bonchev–Trinajstić information content (AvgIpc) is 2.90. The number of hydrogen-bond acceptors (Lipinski definition) is 3. The summed E-state index contributed by atoms with van der Waals surface area (Å²) in [6.07, 6.45) is 2.55. The highest BCUT2D eigenvalue weighted by Gasteiger charge is 2.28. The van der Waals surface area contributed by atoms with Gasteiger partial charge in [0, 0.05) is 37.4 Å². The summed E-state index contributed by atoms with van der Waals surface area (Å²) in [5.74, 6) is 0.183. The van der Waals surface area contributed by atoms with Crippen LogP contribution in [0.1, 0.15) is 29.8 Å². The molecule has 0 aromatic carbocycles. The van der Waals surface area contributed by atoms with Crippen molar-refractivity contribution in [2.24, 2.45) is 12.8 Å². The summed E-state index contributed by atoms with van der Waals surface area (Å²) in [7, 11) is 1.91. The molecule has 2 N–H and O–H groups in total. The Morgan fingerprint density at radius 3 is 2.55 bits per heavy atom. The summed E-state index contributed by atoms with van der Waals surface area (Å²) in [6, 6.07) is 0.231. The molecule has 1 fully saturated rings. The molecule has 1 saturated heterocycles. The lowest BCUT2D eigenvalue weighted by molar-refractivity contribution is -0.131. The zero-order chi connectivity index (χ0) is 13.3. The summed E-state index contributed by atoms with van der Waals surface area (Å²) in [5, 5.41) is 4.35. The van der Waals surface area contributed by atoms with Crippen LogP contribution < -0.4 is 5.73 Å². The Morgan fingerprint density at radius 2 is 2.05 bits per heavy atom. The predicted molar refractivity (Wildman–Crippen MR) is 84.7 cm³/mol. The maximum Gasteiger partial charge on any atom is 0.227 e. The number of hydrogen-bond donors (Lipinski definition) is 1. The molecule has 1 aliphatic rings. The van der Waals surface area contributed by atoms with Crippen LogP contribution in [0.3, 0.4) is 0 Å². The molecule has 0 saturated carbocycles. The minimum absolute atomic E-state index is 0. The van der Waals surface area contributed by atoms with Gasteiger partial charge in [0.15, 0.2) is 0 Å². The molecule has 1 aromatic rings. The van der Waals surface area contributed by atoms with E-state index in [1.807, 2.05) is 30.5 Å².